The van der Waals surface area contributed by atoms with E-state index in [0.29, 0.717) is 25.7 Å². The summed E-state index contributed by atoms with van der Waals surface area (Å²) in [5.74, 6) is -0.965. The number of hydrogen-bond acceptors (Lipinski definition) is 5. The lowest BCUT2D eigenvalue weighted by Crippen LogP contribution is -2.65. The molecule has 1 heterocycles. The SMILES string of the molecule is COC1CCC(CO)OC1(C(N)=O)C1CCCC1O. The fourth-order valence-corrected chi connectivity index (χ4v) is 3.55. The van der Waals surface area contributed by atoms with E-state index in [1.165, 1.54) is 7.11 Å². The molecule has 19 heavy (non-hydrogen) atoms. The van der Waals surface area contributed by atoms with Gasteiger partial charge in [-0.1, -0.05) is 6.42 Å². The van der Waals surface area contributed by atoms with Crippen LogP contribution in [-0.4, -0.2) is 53.7 Å². The van der Waals surface area contributed by atoms with Crippen LogP contribution in [0, 0.1) is 5.92 Å². The second kappa shape index (κ2) is 5.75. The Balaban J connectivity index is 2.35. The zero-order valence-electron chi connectivity index (χ0n) is 11.2. The third kappa shape index (κ3) is 2.38. The Bertz CT molecular complexity index is 337. The molecule has 0 radical (unpaired) electrons. The quantitative estimate of drug-likeness (QED) is 0.644. The van der Waals surface area contributed by atoms with Gasteiger partial charge in [0, 0.05) is 13.0 Å². The maximum atomic E-state index is 12.1. The second-order valence-electron chi connectivity index (χ2n) is 5.49. The van der Waals surface area contributed by atoms with Gasteiger partial charge < -0.3 is 25.4 Å². The van der Waals surface area contributed by atoms with Gasteiger partial charge in [0.1, 0.15) is 0 Å². The number of rotatable bonds is 4. The predicted octanol–water partition coefficient (Wildman–Crippen LogP) is -0.442. The van der Waals surface area contributed by atoms with Gasteiger partial charge in [-0.25, -0.2) is 0 Å². The van der Waals surface area contributed by atoms with Crippen molar-refractivity contribution in [2.75, 3.05) is 13.7 Å². The second-order valence-corrected chi connectivity index (χ2v) is 5.49. The van der Waals surface area contributed by atoms with Crippen molar-refractivity contribution in [3.8, 4) is 0 Å². The van der Waals surface area contributed by atoms with Crippen LogP contribution in [0.15, 0.2) is 0 Å². The van der Waals surface area contributed by atoms with Crippen molar-refractivity contribution in [3.05, 3.63) is 0 Å². The maximum absolute atomic E-state index is 12.1. The van der Waals surface area contributed by atoms with Gasteiger partial charge in [0.05, 0.1) is 24.9 Å². The first-order chi connectivity index (χ1) is 9.06. The number of nitrogens with two attached hydrogens (primary N) is 1. The van der Waals surface area contributed by atoms with E-state index in [9.17, 15) is 15.0 Å². The van der Waals surface area contributed by atoms with Crippen molar-refractivity contribution >= 4 is 5.91 Å². The van der Waals surface area contributed by atoms with E-state index in [1.54, 1.807) is 0 Å². The third-order valence-electron chi connectivity index (χ3n) is 4.49. The summed E-state index contributed by atoms with van der Waals surface area (Å²) in [5.41, 5.74) is 4.27. The Hall–Kier alpha value is -0.690. The van der Waals surface area contributed by atoms with Gasteiger partial charge in [-0.05, 0) is 25.7 Å². The van der Waals surface area contributed by atoms with E-state index in [1.807, 2.05) is 0 Å². The molecule has 0 bridgehead atoms. The number of hydrogen-bond donors (Lipinski definition) is 3. The highest BCUT2D eigenvalue weighted by atomic mass is 16.6. The molecule has 110 valence electrons. The molecule has 0 aromatic heterocycles. The number of methoxy groups -OCH3 is 1. The first-order valence-electron chi connectivity index (χ1n) is 6.85. The summed E-state index contributed by atoms with van der Waals surface area (Å²) in [6.45, 7) is -0.158. The minimum Gasteiger partial charge on any atom is -0.394 e. The molecule has 1 aliphatic heterocycles. The number of aliphatic hydroxyl groups is 2. The topological polar surface area (TPSA) is 102 Å². The Morgan fingerprint density at radius 2 is 2.16 bits per heavy atom. The molecular weight excluding hydrogens is 250 g/mol. The maximum Gasteiger partial charge on any atom is 0.252 e. The van der Waals surface area contributed by atoms with Crippen LogP contribution < -0.4 is 5.73 Å². The monoisotopic (exact) mass is 273 g/mol. The van der Waals surface area contributed by atoms with Crippen molar-refractivity contribution < 1.29 is 24.5 Å². The van der Waals surface area contributed by atoms with Crippen molar-refractivity contribution in [2.45, 2.75) is 56.0 Å². The highest BCUT2D eigenvalue weighted by Crippen LogP contribution is 2.44. The first-order valence-corrected chi connectivity index (χ1v) is 6.85. The van der Waals surface area contributed by atoms with E-state index in [4.69, 9.17) is 15.2 Å². The normalized spacial score (nSPS) is 43.3. The highest BCUT2D eigenvalue weighted by Gasteiger charge is 2.58. The highest BCUT2D eigenvalue weighted by molar-refractivity contribution is 5.85. The smallest absolute Gasteiger partial charge is 0.252 e. The molecule has 0 aromatic rings. The Labute approximate surface area is 112 Å². The summed E-state index contributed by atoms with van der Waals surface area (Å²) in [5, 5.41) is 19.4. The van der Waals surface area contributed by atoms with Gasteiger partial charge in [0.15, 0.2) is 5.60 Å². The Morgan fingerprint density at radius 3 is 2.63 bits per heavy atom. The van der Waals surface area contributed by atoms with Crippen molar-refractivity contribution in [1.29, 1.82) is 0 Å². The third-order valence-corrected chi connectivity index (χ3v) is 4.49. The summed E-state index contributed by atoms with van der Waals surface area (Å²) >= 11 is 0. The van der Waals surface area contributed by atoms with Crippen LogP contribution in [0.1, 0.15) is 32.1 Å². The van der Waals surface area contributed by atoms with Crippen LogP contribution >= 0.6 is 0 Å². The molecule has 4 N–H and O–H groups in total. The average molecular weight is 273 g/mol. The molecule has 2 fully saturated rings. The van der Waals surface area contributed by atoms with E-state index in [2.05, 4.69) is 0 Å². The Kier molecular flexibility index (Phi) is 4.45. The van der Waals surface area contributed by atoms with Crippen LogP contribution in [0.25, 0.3) is 0 Å². The molecule has 1 saturated heterocycles. The van der Waals surface area contributed by atoms with Gasteiger partial charge in [0.25, 0.3) is 5.91 Å². The summed E-state index contributed by atoms with van der Waals surface area (Å²) < 4.78 is 11.2. The lowest BCUT2D eigenvalue weighted by Gasteiger charge is -2.47. The average Bonchev–Trinajstić information content (AvgIpc) is 2.84. The van der Waals surface area contributed by atoms with Gasteiger partial charge in [-0.2, -0.15) is 0 Å². The van der Waals surface area contributed by atoms with Crippen molar-refractivity contribution in [1.82, 2.24) is 0 Å². The van der Waals surface area contributed by atoms with E-state index in [-0.39, 0.29) is 12.5 Å². The van der Waals surface area contributed by atoms with Crippen molar-refractivity contribution in [2.24, 2.45) is 11.7 Å². The fourth-order valence-electron chi connectivity index (χ4n) is 3.55. The number of primary amides is 1. The van der Waals surface area contributed by atoms with Crippen LogP contribution in [0.5, 0.6) is 0 Å². The Morgan fingerprint density at radius 1 is 1.42 bits per heavy atom. The summed E-state index contributed by atoms with van der Waals surface area (Å²) in [7, 11) is 1.52. The lowest BCUT2D eigenvalue weighted by atomic mass is 9.75. The molecule has 5 atom stereocenters. The molecule has 2 aliphatic rings. The summed E-state index contributed by atoms with van der Waals surface area (Å²) in [6.07, 6.45) is 1.87. The summed E-state index contributed by atoms with van der Waals surface area (Å²) in [6, 6.07) is 0. The van der Waals surface area contributed by atoms with Crippen LogP contribution in [0.3, 0.4) is 0 Å². The number of carbonyl (C=O) groups excluding carboxylic acids is 1. The molecule has 1 amide bonds. The minimum atomic E-state index is -1.32. The largest absolute Gasteiger partial charge is 0.394 e. The molecule has 2 rings (SSSR count). The van der Waals surface area contributed by atoms with Gasteiger partial charge >= 0.3 is 0 Å². The number of amides is 1. The first kappa shape index (κ1) is 14.7. The zero-order valence-corrected chi connectivity index (χ0v) is 11.2. The fraction of sp³-hybridized carbons (Fsp3) is 0.923. The van der Waals surface area contributed by atoms with Gasteiger partial charge in [-0.15, -0.1) is 0 Å². The number of aliphatic hydroxyl groups excluding tert-OH is 2. The predicted molar refractivity (Wildman–Crippen MR) is 67.3 cm³/mol. The molecule has 6 heteroatoms. The lowest BCUT2D eigenvalue weighted by molar-refractivity contribution is -0.231. The zero-order chi connectivity index (χ0) is 14.0. The molecule has 0 aromatic carbocycles. The minimum absolute atomic E-state index is 0.158. The van der Waals surface area contributed by atoms with Crippen LogP contribution in [-0.2, 0) is 14.3 Å². The molecule has 5 unspecified atom stereocenters. The molecule has 6 nitrogen and oxygen atoms in total. The molecule has 1 aliphatic carbocycles. The van der Waals surface area contributed by atoms with E-state index in [0.717, 1.165) is 6.42 Å². The molecule has 0 spiro atoms. The number of carbonyl (C=O) groups is 1. The molecule has 1 saturated carbocycles. The van der Waals surface area contributed by atoms with Gasteiger partial charge in [0.2, 0.25) is 0 Å². The standard InChI is InChI=1S/C13H23NO5/c1-18-11-6-5-8(7-15)19-13(11,12(14)17)9-3-2-4-10(9)16/h8-11,15-16H,2-7H2,1H3,(H2,14,17). The van der Waals surface area contributed by atoms with Crippen molar-refractivity contribution in [3.63, 3.8) is 0 Å². The number of ether oxygens (including phenoxy) is 2. The summed E-state index contributed by atoms with van der Waals surface area (Å²) in [4.78, 5) is 12.1. The van der Waals surface area contributed by atoms with E-state index >= 15 is 0 Å². The van der Waals surface area contributed by atoms with E-state index < -0.39 is 29.8 Å². The van der Waals surface area contributed by atoms with Crippen LogP contribution in [0.2, 0.25) is 0 Å². The van der Waals surface area contributed by atoms with Gasteiger partial charge in [-0.3, -0.25) is 4.79 Å². The molecular formula is C13H23NO5. The van der Waals surface area contributed by atoms with Crippen LogP contribution in [0.4, 0.5) is 0 Å².